The molecule has 0 saturated carbocycles. The van der Waals surface area contributed by atoms with Crippen molar-refractivity contribution < 1.29 is 23.6 Å². The highest BCUT2D eigenvalue weighted by molar-refractivity contribution is 7.89. The summed E-state index contributed by atoms with van der Waals surface area (Å²) in [5.41, 5.74) is -0.833. The molecule has 0 atom stereocenters. The molecule has 0 spiro atoms. The van der Waals surface area contributed by atoms with Gasteiger partial charge in [-0.1, -0.05) is 0 Å². The van der Waals surface area contributed by atoms with Crippen LogP contribution >= 0.6 is 0 Å². The molecule has 0 fully saturated rings. The monoisotopic (exact) mass is 336 g/mol. The van der Waals surface area contributed by atoms with Gasteiger partial charge >= 0.3 is 5.69 Å². The van der Waals surface area contributed by atoms with E-state index in [1.54, 1.807) is 0 Å². The van der Waals surface area contributed by atoms with E-state index in [0.29, 0.717) is 0 Å². The van der Waals surface area contributed by atoms with Gasteiger partial charge in [-0.3, -0.25) is 10.1 Å². The molecular formula is C12H8N4O6S. The Morgan fingerprint density at radius 3 is 2.13 bits per heavy atom. The molecule has 0 aliphatic rings. The van der Waals surface area contributed by atoms with Crippen LogP contribution in [0.3, 0.4) is 0 Å². The van der Waals surface area contributed by atoms with E-state index < -0.39 is 37.0 Å². The van der Waals surface area contributed by atoms with E-state index in [9.17, 15) is 28.7 Å². The van der Waals surface area contributed by atoms with E-state index in [4.69, 9.17) is 5.14 Å². The second kappa shape index (κ2) is 4.72. The van der Waals surface area contributed by atoms with Crippen LogP contribution in [0.1, 0.15) is 0 Å². The molecule has 118 valence electrons. The number of nitro groups is 1. The Hall–Kier alpha value is -3.05. The zero-order valence-electron chi connectivity index (χ0n) is 11.2. The second-order valence-corrected chi connectivity index (χ2v) is 6.17. The quantitative estimate of drug-likeness (QED) is 0.266. The van der Waals surface area contributed by atoms with E-state index in [1.807, 2.05) is 0 Å². The number of aromatic hydroxyl groups is 2. The molecule has 0 aliphatic heterocycles. The number of nitro benzene ring substituents is 1. The lowest BCUT2D eigenvalue weighted by Crippen LogP contribution is -2.14. The molecular weight excluding hydrogens is 328 g/mol. The van der Waals surface area contributed by atoms with Crippen LogP contribution in [0.2, 0.25) is 0 Å². The molecule has 0 aliphatic carbocycles. The molecule has 3 rings (SSSR count). The predicted molar refractivity (Wildman–Crippen MR) is 78.4 cm³/mol. The number of hydrogen-bond acceptors (Lipinski definition) is 8. The van der Waals surface area contributed by atoms with Crippen molar-refractivity contribution >= 4 is 37.8 Å². The lowest BCUT2D eigenvalue weighted by atomic mass is 10.2. The summed E-state index contributed by atoms with van der Waals surface area (Å²) in [6.07, 6.45) is 0. The standard InChI is InChI=1S/C12H8N4O6S/c13-23(21,22)10-2-1-5-11(12(10)16(19)20)15-7-4-9(18)8(17)3-6(7)14-5/h1-4,17-18H,(H2,13,21,22). The van der Waals surface area contributed by atoms with Crippen LogP contribution in [0.4, 0.5) is 5.69 Å². The van der Waals surface area contributed by atoms with Gasteiger partial charge in [0.05, 0.1) is 21.5 Å². The molecule has 0 bridgehead atoms. The van der Waals surface area contributed by atoms with Crippen molar-refractivity contribution in [3.8, 4) is 11.5 Å². The van der Waals surface area contributed by atoms with E-state index in [-0.39, 0.29) is 22.1 Å². The summed E-state index contributed by atoms with van der Waals surface area (Å²) in [6.45, 7) is 0. The number of sulfonamides is 1. The average molecular weight is 336 g/mol. The third kappa shape index (κ3) is 2.37. The maximum Gasteiger partial charge on any atom is 0.316 e. The van der Waals surface area contributed by atoms with Crippen LogP contribution in [0.15, 0.2) is 29.2 Å². The third-order valence-corrected chi connectivity index (χ3v) is 4.07. The summed E-state index contributed by atoms with van der Waals surface area (Å²) in [4.78, 5) is 17.7. The Labute approximate surface area is 128 Å². The lowest BCUT2D eigenvalue weighted by Gasteiger charge is -2.06. The minimum absolute atomic E-state index is 0.0432. The second-order valence-electron chi connectivity index (χ2n) is 4.64. The minimum atomic E-state index is -4.34. The van der Waals surface area contributed by atoms with Crippen molar-refractivity contribution in [2.45, 2.75) is 4.90 Å². The average Bonchev–Trinajstić information content (AvgIpc) is 2.44. The lowest BCUT2D eigenvalue weighted by molar-refractivity contribution is -0.386. The number of phenols is 2. The number of primary sulfonamides is 1. The first-order valence-electron chi connectivity index (χ1n) is 6.02. The van der Waals surface area contributed by atoms with Crippen LogP contribution in [0, 0.1) is 10.1 Å². The Balaban J connectivity index is 2.51. The number of aromatic nitrogens is 2. The molecule has 11 heteroatoms. The summed E-state index contributed by atoms with van der Waals surface area (Å²) in [6, 6.07) is 4.38. The van der Waals surface area contributed by atoms with Crippen molar-refractivity contribution in [3.05, 3.63) is 34.4 Å². The third-order valence-electron chi connectivity index (χ3n) is 3.13. The van der Waals surface area contributed by atoms with Gasteiger partial charge in [-0.2, -0.15) is 0 Å². The first-order chi connectivity index (χ1) is 10.7. The SMILES string of the molecule is NS(=O)(=O)c1ccc2nc3cc(O)c(O)cc3nc2c1[N+](=O)[O-]. The smallest absolute Gasteiger partial charge is 0.316 e. The zero-order chi connectivity index (χ0) is 16.9. The predicted octanol–water partition coefficient (Wildman–Crippen LogP) is 0.750. The Kier molecular flexibility index (Phi) is 3.05. The van der Waals surface area contributed by atoms with Crippen molar-refractivity contribution in [1.82, 2.24) is 9.97 Å². The molecule has 3 aromatic rings. The number of benzene rings is 2. The number of phenolic OH excluding ortho intramolecular Hbond substituents is 2. The topological polar surface area (TPSA) is 170 Å². The van der Waals surface area contributed by atoms with Crippen LogP contribution < -0.4 is 5.14 Å². The normalized spacial score (nSPS) is 11.9. The van der Waals surface area contributed by atoms with Crippen molar-refractivity contribution in [2.75, 3.05) is 0 Å². The summed E-state index contributed by atoms with van der Waals surface area (Å²) in [5, 5.41) is 35.2. The molecule has 0 amide bonds. The number of hydrogen-bond donors (Lipinski definition) is 3. The number of nitrogens with two attached hydrogens (primary N) is 1. The van der Waals surface area contributed by atoms with E-state index >= 15 is 0 Å². The minimum Gasteiger partial charge on any atom is -0.504 e. The number of rotatable bonds is 2. The first kappa shape index (κ1) is 14.9. The Morgan fingerprint density at radius 2 is 1.61 bits per heavy atom. The Morgan fingerprint density at radius 1 is 1.04 bits per heavy atom. The van der Waals surface area contributed by atoms with Crippen molar-refractivity contribution in [2.24, 2.45) is 5.14 Å². The molecule has 2 aromatic carbocycles. The fourth-order valence-corrected chi connectivity index (χ4v) is 2.84. The Bertz CT molecular complexity index is 1100. The van der Waals surface area contributed by atoms with E-state index in [0.717, 1.165) is 18.2 Å². The van der Waals surface area contributed by atoms with Gasteiger partial charge in [0.15, 0.2) is 21.9 Å². The van der Waals surface area contributed by atoms with Gasteiger partial charge in [0.2, 0.25) is 10.0 Å². The van der Waals surface area contributed by atoms with Crippen LogP contribution in [-0.2, 0) is 10.0 Å². The highest BCUT2D eigenvalue weighted by atomic mass is 32.2. The van der Waals surface area contributed by atoms with E-state index in [2.05, 4.69) is 9.97 Å². The summed E-state index contributed by atoms with van der Waals surface area (Å²) < 4.78 is 23.0. The molecule has 10 nitrogen and oxygen atoms in total. The molecule has 0 radical (unpaired) electrons. The van der Waals surface area contributed by atoms with Gasteiger partial charge in [-0.05, 0) is 12.1 Å². The highest BCUT2D eigenvalue weighted by Crippen LogP contribution is 2.34. The molecule has 1 heterocycles. The molecule has 1 aromatic heterocycles. The summed E-state index contributed by atoms with van der Waals surface area (Å²) >= 11 is 0. The van der Waals surface area contributed by atoms with E-state index in [1.165, 1.54) is 6.07 Å². The van der Waals surface area contributed by atoms with Gasteiger partial charge in [-0.25, -0.2) is 23.5 Å². The number of fused-ring (bicyclic) bond motifs is 2. The summed E-state index contributed by atoms with van der Waals surface area (Å²) in [7, 11) is -4.34. The highest BCUT2D eigenvalue weighted by Gasteiger charge is 2.27. The molecule has 0 saturated heterocycles. The molecule has 23 heavy (non-hydrogen) atoms. The van der Waals surface area contributed by atoms with Gasteiger partial charge in [-0.15, -0.1) is 0 Å². The van der Waals surface area contributed by atoms with Gasteiger partial charge in [0, 0.05) is 12.1 Å². The van der Waals surface area contributed by atoms with Gasteiger partial charge in [0.25, 0.3) is 0 Å². The van der Waals surface area contributed by atoms with Gasteiger partial charge < -0.3 is 10.2 Å². The first-order valence-corrected chi connectivity index (χ1v) is 7.57. The number of nitrogens with zero attached hydrogens (tertiary/aromatic N) is 3. The maximum atomic E-state index is 11.5. The molecule has 4 N–H and O–H groups in total. The summed E-state index contributed by atoms with van der Waals surface area (Å²) in [5.74, 6) is -0.918. The van der Waals surface area contributed by atoms with Crippen LogP contribution in [-0.4, -0.2) is 33.5 Å². The largest absolute Gasteiger partial charge is 0.504 e. The van der Waals surface area contributed by atoms with Crippen LogP contribution in [0.5, 0.6) is 11.5 Å². The maximum absolute atomic E-state index is 11.5. The fourth-order valence-electron chi connectivity index (χ4n) is 2.14. The molecule has 0 unspecified atom stereocenters. The van der Waals surface area contributed by atoms with Crippen molar-refractivity contribution in [1.29, 1.82) is 0 Å². The fraction of sp³-hybridized carbons (Fsp3) is 0. The van der Waals surface area contributed by atoms with Crippen LogP contribution in [0.25, 0.3) is 22.1 Å². The zero-order valence-corrected chi connectivity index (χ0v) is 12.0. The van der Waals surface area contributed by atoms with Crippen molar-refractivity contribution in [3.63, 3.8) is 0 Å². The van der Waals surface area contributed by atoms with Gasteiger partial charge in [0.1, 0.15) is 0 Å².